The van der Waals surface area contributed by atoms with E-state index in [0.717, 1.165) is 19.5 Å². The first-order valence-corrected chi connectivity index (χ1v) is 7.65. The van der Waals surface area contributed by atoms with Crippen molar-refractivity contribution in [3.05, 3.63) is 71.9 Å². The Morgan fingerprint density at radius 2 is 1.86 bits per heavy atom. The van der Waals surface area contributed by atoms with Crippen LogP contribution in [0.3, 0.4) is 0 Å². The zero-order chi connectivity index (χ0) is 14.5. The van der Waals surface area contributed by atoms with E-state index in [0.29, 0.717) is 5.92 Å². The van der Waals surface area contributed by atoms with Gasteiger partial charge in [-0.05, 0) is 42.1 Å². The minimum Gasteiger partial charge on any atom is -0.361 e. The zero-order valence-corrected chi connectivity index (χ0v) is 12.5. The average molecular weight is 278 g/mol. The van der Waals surface area contributed by atoms with Crippen molar-refractivity contribution in [2.45, 2.75) is 25.8 Å². The van der Waals surface area contributed by atoms with Gasteiger partial charge in [0.05, 0.1) is 0 Å². The fraction of sp³-hybridized carbons (Fsp3) is 0.263. The summed E-state index contributed by atoms with van der Waals surface area (Å²) < 4.78 is 0. The second-order valence-corrected chi connectivity index (χ2v) is 5.63. The summed E-state index contributed by atoms with van der Waals surface area (Å²) in [6.45, 7) is 4.26. The molecule has 0 aliphatic heterocycles. The lowest BCUT2D eigenvalue weighted by molar-refractivity contribution is 0.595. The molecule has 1 unspecified atom stereocenters. The van der Waals surface area contributed by atoms with E-state index in [2.05, 4.69) is 71.8 Å². The molecule has 2 N–H and O–H groups in total. The minimum absolute atomic E-state index is 0.599. The first-order chi connectivity index (χ1) is 10.3. The van der Waals surface area contributed by atoms with Crippen LogP contribution in [-0.4, -0.2) is 11.5 Å². The largest absolute Gasteiger partial charge is 0.361 e. The third kappa shape index (κ3) is 3.34. The summed E-state index contributed by atoms with van der Waals surface area (Å²) in [5, 5.41) is 4.89. The highest BCUT2D eigenvalue weighted by Crippen LogP contribution is 2.19. The Hall–Kier alpha value is -2.06. The molecular weight excluding hydrogens is 256 g/mol. The third-order valence-corrected chi connectivity index (χ3v) is 4.12. The Kier molecular flexibility index (Phi) is 4.37. The molecule has 0 amide bonds. The van der Waals surface area contributed by atoms with Crippen molar-refractivity contribution in [2.75, 3.05) is 6.54 Å². The van der Waals surface area contributed by atoms with E-state index in [9.17, 15) is 0 Å². The van der Waals surface area contributed by atoms with Gasteiger partial charge in [-0.2, -0.15) is 0 Å². The van der Waals surface area contributed by atoms with Gasteiger partial charge in [0.15, 0.2) is 0 Å². The maximum atomic E-state index is 3.57. The van der Waals surface area contributed by atoms with E-state index in [4.69, 9.17) is 0 Å². The van der Waals surface area contributed by atoms with Gasteiger partial charge < -0.3 is 10.3 Å². The summed E-state index contributed by atoms with van der Waals surface area (Å²) in [7, 11) is 0. The first-order valence-electron chi connectivity index (χ1n) is 7.65. The first kappa shape index (κ1) is 13.9. The Morgan fingerprint density at radius 1 is 1.00 bits per heavy atom. The smallest absolute Gasteiger partial charge is 0.0457 e. The lowest BCUT2D eigenvalue weighted by Crippen LogP contribution is -2.16. The molecule has 0 aliphatic carbocycles. The molecule has 1 atom stereocenters. The highest BCUT2D eigenvalue weighted by atomic mass is 14.8. The van der Waals surface area contributed by atoms with E-state index >= 15 is 0 Å². The standard InChI is InChI=1S/C19H22N2/c1-15(16-6-3-2-4-7-16)10-12-20-14-17-8-5-9-19-18(17)11-13-21-19/h2-9,11,13,15,20-21H,10,12,14H2,1H3. The number of nitrogens with one attached hydrogen (secondary N) is 2. The average Bonchev–Trinajstić information content (AvgIpc) is 3.01. The van der Waals surface area contributed by atoms with Crippen LogP contribution >= 0.6 is 0 Å². The number of aromatic nitrogens is 1. The van der Waals surface area contributed by atoms with Crippen LogP contribution in [0.15, 0.2) is 60.8 Å². The zero-order valence-electron chi connectivity index (χ0n) is 12.5. The Bertz CT molecular complexity index is 685. The van der Waals surface area contributed by atoms with Crippen molar-refractivity contribution < 1.29 is 0 Å². The summed E-state index contributed by atoms with van der Waals surface area (Å²) in [5.41, 5.74) is 4.00. The van der Waals surface area contributed by atoms with Gasteiger partial charge in [0, 0.05) is 23.6 Å². The Balaban J connectivity index is 1.51. The van der Waals surface area contributed by atoms with Crippen molar-refractivity contribution in [2.24, 2.45) is 0 Å². The van der Waals surface area contributed by atoms with Crippen molar-refractivity contribution in [1.82, 2.24) is 10.3 Å². The maximum absolute atomic E-state index is 3.57. The molecule has 3 rings (SSSR count). The molecule has 2 nitrogen and oxygen atoms in total. The summed E-state index contributed by atoms with van der Waals surface area (Å²) in [5.74, 6) is 0.599. The molecule has 0 radical (unpaired) electrons. The third-order valence-electron chi connectivity index (χ3n) is 4.12. The second-order valence-electron chi connectivity index (χ2n) is 5.63. The van der Waals surface area contributed by atoms with Gasteiger partial charge in [0.2, 0.25) is 0 Å². The van der Waals surface area contributed by atoms with Gasteiger partial charge >= 0.3 is 0 Å². The van der Waals surface area contributed by atoms with E-state index in [-0.39, 0.29) is 0 Å². The molecule has 0 saturated carbocycles. The van der Waals surface area contributed by atoms with Gasteiger partial charge in [0.1, 0.15) is 0 Å². The number of rotatable bonds is 6. The topological polar surface area (TPSA) is 27.8 Å². The van der Waals surface area contributed by atoms with Gasteiger partial charge in [-0.25, -0.2) is 0 Å². The molecule has 0 spiro atoms. The van der Waals surface area contributed by atoms with Gasteiger partial charge in [0.25, 0.3) is 0 Å². The quantitative estimate of drug-likeness (QED) is 0.640. The molecule has 0 aliphatic rings. The molecule has 21 heavy (non-hydrogen) atoms. The van der Waals surface area contributed by atoms with Crippen LogP contribution in [0.1, 0.15) is 30.4 Å². The summed E-state index contributed by atoms with van der Waals surface area (Å²) in [4.78, 5) is 3.26. The fourth-order valence-corrected chi connectivity index (χ4v) is 2.79. The van der Waals surface area contributed by atoms with Crippen molar-refractivity contribution in [1.29, 1.82) is 0 Å². The van der Waals surface area contributed by atoms with Crippen LogP contribution in [0.2, 0.25) is 0 Å². The van der Waals surface area contributed by atoms with Crippen molar-refractivity contribution >= 4 is 10.9 Å². The molecule has 2 aromatic carbocycles. The van der Waals surface area contributed by atoms with Crippen molar-refractivity contribution in [3.8, 4) is 0 Å². The van der Waals surface area contributed by atoms with E-state index < -0.39 is 0 Å². The Labute approximate surface area is 126 Å². The number of hydrogen-bond acceptors (Lipinski definition) is 1. The summed E-state index contributed by atoms with van der Waals surface area (Å²) in [6, 6.07) is 19.3. The van der Waals surface area contributed by atoms with E-state index in [1.807, 2.05) is 6.20 Å². The lowest BCUT2D eigenvalue weighted by Gasteiger charge is -2.12. The highest BCUT2D eigenvalue weighted by Gasteiger charge is 2.05. The number of fused-ring (bicyclic) bond motifs is 1. The number of H-pyrrole nitrogens is 1. The monoisotopic (exact) mass is 278 g/mol. The molecule has 0 saturated heterocycles. The fourth-order valence-electron chi connectivity index (χ4n) is 2.79. The van der Waals surface area contributed by atoms with E-state index in [1.54, 1.807) is 0 Å². The molecule has 0 bridgehead atoms. The van der Waals surface area contributed by atoms with Gasteiger partial charge in [-0.3, -0.25) is 0 Å². The molecule has 2 heteroatoms. The summed E-state index contributed by atoms with van der Waals surface area (Å²) >= 11 is 0. The predicted molar refractivity (Wildman–Crippen MR) is 89.5 cm³/mol. The number of benzene rings is 2. The lowest BCUT2D eigenvalue weighted by atomic mass is 9.98. The van der Waals surface area contributed by atoms with Crippen molar-refractivity contribution in [3.63, 3.8) is 0 Å². The SMILES string of the molecule is CC(CCNCc1cccc2[nH]ccc12)c1ccccc1. The molecule has 1 heterocycles. The van der Waals surface area contributed by atoms with Crippen LogP contribution in [0, 0.1) is 0 Å². The van der Waals surface area contributed by atoms with Crippen LogP contribution in [0.25, 0.3) is 10.9 Å². The van der Waals surface area contributed by atoms with Crippen LogP contribution < -0.4 is 5.32 Å². The van der Waals surface area contributed by atoms with Gasteiger partial charge in [-0.15, -0.1) is 0 Å². The normalized spacial score (nSPS) is 12.6. The predicted octanol–water partition coefficient (Wildman–Crippen LogP) is 4.45. The molecule has 1 aromatic heterocycles. The molecule has 3 aromatic rings. The summed E-state index contributed by atoms with van der Waals surface area (Å²) in [6.07, 6.45) is 3.17. The number of aromatic amines is 1. The minimum atomic E-state index is 0.599. The highest BCUT2D eigenvalue weighted by molar-refractivity contribution is 5.82. The molecule has 0 fully saturated rings. The van der Waals surface area contributed by atoms with E-state index in [1.165, 1.54) is 22.0 Å². The van der Waals surface area contributed by atoms with Crippen LogP contribution in [-0.2, 0) is 6.54 Å². The molecular formula is C19H22N2. The van der Waals surface area contributed by atoms with Gasteiger partial charge in [-0.1, -0.05) is 49.4 Å². The number of hydrogen-bond donors (Lipinski definition) is 2. The maximum Gasteiger partial charge on any atom is 0.0457 e. The van der Waals surface area contributed by atoms with Crippen LogP contribution in [0.4, 0.5) is 0 Å². The van der Waals surface area contributed by atoms with Crippen LogP contribution in [0.5, 0.6) is 0 Å². The second kappa shape index (κ2) is 6.59. The Morgan fingerprint density at radius 3 is 2.71 bits per heavy atom. The molecule has 108 valence electrons.